The highest BCUT2D eigenvalue weighted by molar-refractivity contribution is 5.75. The lowest BCUT2D eigenvalue weighted by molar-refractivity contribution is -0.144. The normalized spacial score (nSPS) is 12.4. The monoisotopic (exact) mass is 287 g/mol. The van der Waals surface area contributed by atoms with E-state index in [0.717, 1.165) is 11.3 Å². The SMILES string of the molecule is COC(=O)[C@@H](NCc1ccc(-n2ccnc2)cc1)C(C)C. The summed E-state index contributed by atoms with van der Waals surface area (Å²) in [5.74, 6) is -0.0392. The Morgan fingerprint density at radius 3 is 2.57 bits per heavy atom. The van der Waals surface area contributed by atoms with E-state index in [1.54, 1.807) is 12.5 Å². The van der Waals surface area contributed by atoms with Crippen LogP contribution in [0.4, 0.5) is 0 Å². The van der Waals surface area contributed by atoms with Gasteiger partial charge in [-0.25, -0.2) is 4.98 Å². The van der Waals surface area contributed by atoms with Crippen molar-refractivity contribution in [2.24, 2.45) is 5.92 Å². The van der Waals surface area contributed by atoms with E-state index in [4.69, 9.17) is 4.74 Å². The molecule has 1 aromatic heterocycles. The van der Waals surface area contributed by atoms with E-state index in [0.29, 0.717) is 6.54 Å². The average Bonchev–Trinajstić information content (AvgIpc) is 3.01. The fourth-order valence-corrected chi connectivity index (χ4v) is 2.14. The molecule has 5 heteroatoms. The molecule has 0 spiro atoms. The van der Waals surface area contributed by atoms with Gasteiger partial charge in [0.2, 0.25) is 0 Å². The second kappa shape index (κ2) is 7.04. The van der Waals surface area contributed by atoms with Crippen molar-refractivity contribution in [2.75, 3.05) is 7.11 Å². The fraction of sp³-hybridized carbons (Fsp3) is 0.375. The molecule has 0 radical (unpaired) electrons. The van der Waals surface area contributed by atoms with Gasteiger partial charge in [-0.15, -0.1) is 0 Å². The topological polar surface area (TPSA) is 56.1 Å². The molecule has 2 rings (SSSR count). The van der Waals surface area contributed by atoms with Gasteiger partial charge in [-0.05, 0) is 23.6 Å². The van der Waals surface area contributed by atoms with Crippen LogP contribution in [0.5, 0.6) is 0 Å². The lowest BCUT2D eigenvalue weighted by Gasteiger charge is -2.19. The van der Waals surface area contributed by atoms with Crippen molar-refractivity contribution in [3.63, 3.8) is 0 Å². The Morgan fingerprint density at radius 1 is 1.33 bits per heavy atom. The van der Waals surface area contributed by atoms with Gasteiger partial charge in [0.15, 0.2) is 0 Å². The number of carbonyl (C=O) groups excluding carboxylic acids is 1. The first-order valence-corrected chi connectivity index (χ1v) is 7.00. The molecule has 5 nitrogen and oxygen atoms in total. The third kappa shape index (κ3) is 3.92. The highest BCUT2D eigenvalue weighted by Gasteiger charge is 2.21. The Bertz CT molecular complexity index is 562. The molecule has 112 valence electrons. The standard InChI is InChI=1S/C16H21N3O2/c1-12(2)15(16(20)21-3)18-10-13-4-6-14(7-5-13)19-9-8-17-11-19/h4-9,11-12,15,18H,10H2,1-3H3/t15-/m0/s1. The van der Waals surface area contributed by atoms with Crippen molar-refractivity contribution in [2.45, 2.75) is 26.4 Å². The molecular formula is C16H21N3O2. The molecule has 0 aliphatic heterocycles. The van der Waals surface area contributed by atoms with Crippen LogP contribution in [0.2, 0.25) is 0 Å². The molecule has 0 unspecified atom stereocenters. The molecule has 0 saturated heterocycles. The van der Waals surface area contributed by atoms with E-state index < -0.39 is 0 Å². The van der Waals surface area contributed by atoms with Gasteiger partial charge < -0.3 is 14.6 Å². The number of esters is 1. The first kappa shape index (κ1) is 15.3. The van der Waals surface area contributed by atoms with E-state index in [9.17, 15) is 4.79 Å². The van der Waals surface area contributed by atoms with Crippen LogP contribution in [0.3, 0.4) is 0 Å². The number of hydrogen-bond acceptors (Lipinski definition) is 4. The molecule has 0 aliphatic rings. The van der Waals surface area contributed by atoms with Gasteiger partial charge in [-0.3, -0.25) is 4.79 Å². The van der Waals surface area contributed by atoms with Crippen LogP contribution < -0.4 is 5.32 Å². The van der Waals surface area contributed by atoms with Crippen LogP contribution in [0.1, 0.15) is 19.4 Å². The first-order valence-electron chi connectivity index (χ1n) is 7.00. The summed E-state index contributed by atoms with van der Waals surface area (Å²) < 4.78 is 6.77. The fourth-order valence-electron chi connectivity index (χ4n) is 2.14. The van der Waals surface area contributed by atoms with E-state index >= 15 is 0 Å². The van der Waals surface area contributed by atoms with E-state index in [1.165, 1.54) is 7.11 Å². The Kier molecular flexibility index (Phi) is 5.11. The van der Waals surface area contributed by atoms with Gasteiger partial charge in [-0.2, -0.15) is 0 Å². The number of methoxy groups -OCH3 is 1. The maximum absolute atomic E-state index is 11.7. The number of nitrogens with zero attached hydrogens (tertiary/aromatic N) is 2. The van der Waals surface area contributed by atoms with Gasteiger partial charge in [0.25, 0.3) is 0 Å². The minimum atomic E-state index is -0.289. The first-order chi connectivity index (χ1) is 10.1. The maximum Gasteiger partial charge on any atom is 0.323 e. The molecular weight excluding hydrogens is 266 g/mol. The number of benzene rings is 1. The Hall–Kier alpha value is -2.14. The number of ether oxygens (including phenoxy) is 1. The highest BCUT2D eigenvalue weighted by atomic mass is 16.5. The van der Waals surface area contributed by atoms with E-state index in [-0.39, 0.29) is 17.9 Å². The van der Waals surface area contributed by atoms with Crippen LogP contribution in [0, 0.1) is 5.92 Å². The molecule has 1 N–H and O–H groups in total. The molecule has 0 bridgehead atoms. The van der Waals surface area contributed by atoms with Gasteiger partial charge >= 0.3 is 5.97 Å². The Morgan fingerprint density at radius 2 is 2.05 bits per heavy atom. The number of nitrogens with one attached hydrogen (secondary N) is 1. The molecule has 1 heterocycles. The number of imidazole rings is 1. The van der Waals surface area contributed by atoms with Crippen molar-refractivity contribution in [3.05, 3.63) is 48.5 Å². The molecule has 0 aliphatic carbocycles. The number of rotatable bonds is 6. The average molecular weight is 287 g/mol. The summed E-state index contributed by atoms with van der Waals surface area (Å²) in [6, 6.07) is 7.85. The van der Waals surface area contributed by atoms with Gasteiger partial charge in [0.1, 0.15) is 6.04 Å². The van der Waals surface area contributed by atoms with Crippen LogP contribution in [0.15, 0.2) is 43.0 Å². The molecule has 2 aromatic rings. The zero-order valence-electron chi connectivity index (χ0n) is 12.6. The minimum absolute atomic E-state index is 0.183. The van der Waals surface area contributed by atoms with Crippen molar-refractivity contribution in [1.29, 1.82) is 0 Å². The zero-order valence-corrected chi connectivity index (χ0v) is 12.6. The molecule has 0 fully saturated rings. The summed E-state index contributed by atoms with van der Waals surface area (Å²) >= 11 is 0. The molecule has 0 saturated carbocycles. The number of hydrogen-bond donors (Lipinski definition) is 1. The van der Waals surface area contributed by atoms with Gasteiger partial charge in [0, 0.05) is 24.6 Å². The van der Waals surface area contributed by atoms with Crippen molar-refractivity contribution >= 4 is 5.97 Å². The zero-order chi connectivity index (χ0) is 15.2. The lowest BCUT2D eigenvalue weighted by Crippen LogP contribution is -2.41. The predicted molar refractivity (Wildman–Crippen MR) is 81.0 cm³/mol. The van der Waals surface area contributed by atoms with Crippen LogP contribution in [0.25, 0.3) is 5.69 Å². The molecule has 21 heavy (non-hydrogen) atoms. The summed E-state index contributed by atoms with van der Waals surface area (Å²) in [6.45, 7) is 4.62. The molecule has 0 amide bonds. The van der Waals surface area contributed by atoms with Crippen LogP contribution in [-0.2, 0) is 16.1 Å². The van der Waals surface area contributed by atoms with Gasteiger partial charge in [0.05, 0.1) is 13.4 Å². The second-order valence-corrected chi connectivity index (χ2v) is 5.26. The van der Waals surface area contributed by atoms with Crippen LogP contribution in [-0.4, -0.2) is 28.7 Å². The van der Waals surface area contributed by atoms with Crippen LogP contribution >= 0.6 is 0 Å². The minimum Gasteiger partial charge on any atom is -0.468 e. The lowest BCUT2D eigenvalue weighted by atomic mass is 10.0. The quantitative estimate of drug-likeness (QED) is 0.827. The van der Waals surface area contributed by atoms with Crippen molar-refractivity contribution < 1.29 is 9.53 Å². The predicted octanol–water partition coefficient (Wildman–Crippen LogP) is 2.16. The summed E-state index contributed by atoms with van der Waals surface area (Å²) in [5, 5.41) is 3.25. The molecule has 1 atom stereocenters. The van der Waals surface area contributed by atoms with E-state index in [1.807, 2.05) is 48.9 Å². The summed E-state index contributed by atoms with van der Waals surface area (Å²) in [7, 11) is 1.42. The third-order valence-electron chi connectivity index (χ3n) is 3.39. The summed E-state index contributed by atoms with van der Waals surface area (Å²) in [4.78, 5) is 15.7. The maximum atomic E-state index is 11.7. The van der Waals surface area contributed by atoms with Crippen molar-refractivity contribution in [1.82, 2.24) is 14.9 Å². The van der Waals surface area contributed by atoms with Crippen molar-refractivity contribution in [3.8, 4) is 5.69 Å². The second-order valence-electron chi connectivity index (χ2n) is 5.26. The largest absolute Gasteiger partial charge is 0.468 e. The summed E-state index contributed by atoms with van der Waals surface area (Å²) in [6.07, 6.45) is 5.41. The van der Waals surface area contributed by atoms with E-state index in [2.05, 4.69) is 10.3 Å². The third-order valence-corrected chi connectivity index (χ3v) is 3.39. The number of carbonyl (C=O) groups is 1. The summed E-state index contributed by atoms with van der Waals surface area (Å²) in [5.41, 5.74) is 2.18. The molecule has 1 aromatic carbocycles. The Balaban J connectivity index is 1.98. The Labute approximate surface area is 125 Å². The van der Waals surface area contributed by atoms with Gasteiger partial charge in [-0.1, -0.05) is 26.0 Å². The highest BCUT2D eigenvalue weighted by Crippen LogP contribution is 2.10. The smallest absolute Gasteiger partial charge is 0.323 e. The number of aromatic nitrogens is 2.